The summed E-state index contributed by atoms with van der Waals surface area (Å²) in [4.78, 5) is 0.676. The summed E-state index contributed by atoms with van der Waals surface area (Å²) in [6, 6.07) is 0. The van der Waals surface area contributed by atoms with E-state index in [1.54, 1.807) is 0 Å². The first kappa shape index (κ1) is 13.6. The predicted octanol–water partition coefficient (Wildman–Crippen LogP) is -0.512. The Balaban J connectivity index is 2.61. The summed E-state index contributed by atoms with van der Waals surface area (Å²) in [6.07, 6.45) is -6.52. The molecule has 0 radical (unpaired) electrons. The number of halogens is 3. The summed E-state index contributed by atoms with van der Waals surface area (Å²) in [5, 5.41) is 18.4. The predicted molar refractivity (Wildman–Crippen MR) is 54.8 cm³/mol. The molecule has 0 saturated carbocycles. The van der Waals surface area contributed by atoms with Gasteiger partial charge < -0.3 is 15.9 Å². The molecule has 0 aromatic carbocycles. The van der Waals surface area contributed by atoms with Gasteiger partial charge in [-0.25, -0.2) is 0 Å². The molecular formula is C8H13F3N2O2S. The van der Waals surface area contributed by atoms with Crippen molar-refractivity contribution in [2.75, 3.05) is 19.6 Å². The zero-order valence-electron chi connectivity index (χ0n) is 8.31. The molecule has 0 aromatic rings. The summed E-state index contributed by atoms with van der Waals surface area (Å²) in [6.45, 7) is -0.431. The number of thiocarbonyl (C=S) groups is 1. The minimum atomic E-state index is -4.50. The van der Waals surface area contributed by atoms with E-state index in [4.69, 9.17) is 5.73 Å². The van der Waals surface area contributed by atoms with Gasteiger partial charge in [0.1, 0.15) is 5.92 Å². The molecule has 0 bridgehead atoms. The quantitative estimate of drug-likeness (QED) is 0.595. The fourth-order valence-corrected chi connectivity index (χ4v) is 1.82. The van der Waals surface area contributed by atoms with Crippen LogP contribution in [-0.4, -0.2) is 58.1 Å². The zero-order valence-corrected chi connectivity index (χ0v) is 9.13. The SMILES string of the molecule is NC(=S)C(CN1CC(O)C(O)C1)C(F)(F)F. The Hall–Kier alpha value is -0.440. The van der Waals surface area contributed by atoms with Gasteiger partial charge in [-0.2, -0.15) is 13.2 Å². The average Bonchev–Trinajstić information content (AvgIpc) is 2.40. The highest BCUT2D eigenvalue weighted by atomic mass is 32.1. The Bertz CT molecular complexity index is 264. The molecule has 1 aliphatic heterocycles. The Kier molecular flexibility index (Phi) is 4.11. The number of alkyl halides is 3. The van der Waals surface area contributed by atoms with Crippen LogP contribution >= 0.6 is 12.2 Å². The normalized spacial score (nSPS) is 29.3. The number of β-amino-alcohol motifs (C(OH)–C–C–N with tert-alkyl or cyclic N) is 2. The lowest BCUT2D eigenvalue weighted by Crippen LogP contribution is -2.43. The number of rotatable bonds is 3. The molecule has 94 valence electrons. The molecule has 0 spiro atoms. The molecule has 0 amide bonds. The first-order valence-electron chi connectivity index (χ1n) is 4.66. The van der Waals surface area contributed by atoms with Crippen molar-refractivity contribution in [3.8, 4) is 0 Å². The molecule has 0 aliphatic carbocycles. The van der Waals surface area contributed by atoms with Gasteiger partial charge in [0.2, 0.25) is 0 Å². The second kappa shape index (κ2) is 4.82. The Morgan fingerprint density at radius 3 is 2.12 bits per heavy atom. The molecule has 1 aliphatic rings. The number of nitrogens with zero attached hydrogens (tertiary/aromatic N) is 1. The first-order valence-corrected chi connectivity index (χ1v) is 5.07. The van der Waals surface area contributed by atoms with Gasteiger partial charge in [-0.15, -0.1) is 0 Å². The van der Waals surface area contributed by atoms with E-state index in [0.29, 0.717) is 0 Å². The summed E-state index contributed by atoms with van der Waals surface area (Å²) >= 11 is 4.36. The lowest BCUT2D eigenvalue weighted by Gasteiger charge is -2.24. The van der Waals surface area contributed by atoms with Gasteiger partial charge >= 0.3 is 6.18 Å². The van der Waals surface area contributed by atoms with Crippen molar-refractivity contribution in [2.45, 2.75) is 18.4 Å². The molecule has 1 fully saturated rings. The number of hydrogen-bond donors (Lipinski definition) is 3. The number of nitrogens with two attached hydrogens (primary N) is 1. The van der Waals surface area contributed by atoms with E-state index in [1.807, 2.05) is 0 Å². The van der Waals surface area contributed by atoms with E-state index in [2.05, 4.69) is 12.2 Å². The van der Waals surface area contributed by atoms with Crippen LogP contribution < -0.4 is 5.73 Å². The van der Waals surface area contributed by atoms with Crippen molar-refractivity contribution in [1.82, 2.24) is 4.90 Å². The van der Waals surface area contributed by atoms with Gasteiger partial charge in [0.05, 0.1) is 17.2 Å². The van der Waals surface area contributed by atoms with Crippen LogP contribution in [0.1, 0.15) is 0 Å². The molecule has 4 N–H and O–H groups in total. The summed E-state index contributed by atoms with van der Waals surface area (Å²) < 4.78 is 37.5. The van der Waals surface area contributed by atoms with Crippen LogP contribution in [0, 0.1) is 5.92 Å². The van der Waals surface area contributed by atoms with Crippen LogP contribution in [0.4, 0.5) is 13.2 Å². The Morgan fingerprint density at radius 1 is 1.38 bits per heavy atom. The second-order valence-corrected chi connectivity index (χ2v) is 4.32. The van der Waals surface area contributed by atoms with Gasteiger partial charge in [0.15, 0.2) is 0 Å². The molecule has 0 aromatic heterocycles. The minimum absolute atomic E-state index is 0.00361. The monoisotopic (exact) mass is 258 g/mol. The van der Waals surface area contributed by atoms with Crippen LogP contribution in [0.2, 0.25) is 0 Å². The van der Waals surface area contributed by atoms with E-state index in [0.717, 1.165) is 0 Å². The van der Waals surface area contributed by atoms with Crippen molar-refractivity contribution in [1.29, 1.82) is 0 Å². The Labute approximate surface area is 95.8 Å². The van der Waals surface area contributed by atoms with Crippen molar-refractivity contribution in [2.24, 2.45) is 11.7 Å². The number of aliphatic hydroxyl groups excluding tert-OH is 2. The van der Waals surface area contributed by atoms with Crippen LogP contribution in [0.15, 0.2) is 0 Å². The molecule has 3 unspecified atom stereocenters. The number of likely N-dealkylation sites (tertiary alicyclic amines) is 1. The fraction of sp³-hybridized carbons (Fsp3) is 0.875. The largest absolute Gasteiger partial charge is 0.399 e. The van der Waals surface area contributed by atoms with E-state index in [9.17, 15) is 23.4 Å². The van der Waals surface area contributed by atoms with Gasteiger partial charge in [-0.3, -0.25) is 4.90 Å². The third kappa shape index (κ3) is 3.27. The molecular weight excluding hydrogens is 245 g/mol. The number of hydrogen-bond acceptors (Lipinski definition) is 4. The van der Waals surface area contributed by atoms with Gasteiger partial charge in [-0.05, 0) is 0 Å². The highest BCUT2D eigenvalue weighted by Gasteiger charge is 2.44. The fourth-order valence-electron chi connectivity index (χ4n) is 1.61. The van der Waals surface area contributed by atoms with Crippen LogP contribution in [0.3, 0.4) is 0 Å². The van der Waals surface area contributed by atoms with Crippen LogP contribution in [0.25, 0.3) is 0 Å². The van der Waals surface area contributed by atoms with Crippen LogP contribution in [-0.2, 0) is 0 Å². The van der Waals surface area contributed by atoms with Gasteiger partial charge in [0, 0.05) is 19.6 Å². The Morgan fingerprint density at radius 2 is 1.81 bits per heavy atom. The summed E-state index contributed by atoms with van der Waals surface area (Å²) in [5.41, 5.74) is 5.03. The second-order valence-electron chi connectivity index (χ2n) is 3.85. The first-order chi connectivity index (χ1) is 7.21. The maximum atomic E-state index is 12.5. The van der Waals surface area contributed by atoms with Gasteiger partial charge in [-0.1, -0.05) is 12.2 Å². The topological polar surface area (TPSA) is 69.7 Å². The molecule has 1 rings (SSSR count). The third-order valence-electron chi connectivity index (χ3n) is 2.51. The number of aliphatic hydroxyl groups is 2. The molecule has 3 atom stereocenters. The average molecular weight is 258 g/mol. The lowest BCUT2D eigenvalue weighted by atomic mass is 10.1. The summed E-state index contributed by atoms with van der Waals surface area (Å²) in [7, 11) is 0. The molecule has 8 heteroatoms. The lowest BCUT2D eigenvalue weighted by molar-refractivity contribution is -0.158. The van der Waals surface area contributed by atoms with Gasteiger partial charge in [0.25, 0.3) is 0 Å². The highest BCUT2D eigenvalue weighted by molar-refractivity contribution is 7.80. The maximum Gasteiger partial charge on any atom is 0.399 e. The maximum absolute atomic E-state index is 12.5. The van der Waals surface area contributed by atoms with Crippen molar-refractivity contribution in [3.63, 3.8) is 0 Å². The third-order valence-corrected chi connectivity index (χ3v) is 2.80. The zero-order chi connectivity index (χ0) is 12.5. The van der Waals surface area contributed by atoms with E-state index < -0.39 is 35.8 Å². The summed E-state index contributed by atoms with van der Waals surface area (Å²) in [5.74, 6) is -1.90. The van der Waals surface area contributed by atoms with E-state index >= 15 is 0 Å². The molecule has 1 heterocycles. The molecule has 16 heavy (non-hydrogen) atoms. The van der Waals surface area contributed by atoms with E-state index in [1.165, 1.54) is 4.90 Å². The highest BCUT2D eigenvalue weighted by Crippen LogP contribution is 2.28. The minimum Gasteiger partial charge on any atom is -0.393 e. The smallest absolute Gasteiger partial charge is 0.393 e. The van der Waals surface area contributed by atoms with Crippen molar-refractivity contribution in [3.05, 3.63) is 0 Å². The van der Waals surface area contributed by atoms with Crippen molar-refractivity contribution < 1.29 is 23.4 Å². The van der Waals surface area contributed by atoms with Crippen LogP contribution in [0.5, 0.6) is 0 Å². The van der Waals surface area contributed by atoms with Crippen molar-refractivity contribution >= 4 is 17.2 Å². The standard InChI is InChI=1S/C8H13F3N2O2S/c9-8(10,11)4(7(12)16)1-13-2-5(14)6(15)3-13/h4-6,14-15H,1-3H2,(H2,12,16). The molecule has 4 nitrogen and oxygen atoms in total. The molecule has 1 saturated heterocycles. The van der Waals surface area contributed by atoms with E-state index in [-0.39, 0.29) is 13.1 Å².